The summed E-state index contributed by atoms with van der Waals surface area (Å²) in [6.45, 7) is 1.39. The zero-order chi connectivity index (χ0) is 12.5. The summed E-state index contributed by atoms with van der Waals surface area (Å²) in [6.07, 6.45) is -2.42. The first-order valence-electron chi connectivity index (χ1n) is 5.45. The quantitative estimate of drug-likeness (QED) is 0.742. The van der Waals surface area contributed by atoms with Gasteiger partial charge in [0.2, 0.25) is 0 Å². The number of carbonyl (C=O) groups is 1. The third-order valence-corrected chi connectivity index (χ3v) is 2.85. The van der Waals surface area contributed by atoms with Gasteiger partial charge in [-0.3, -0.25) is 4.79 Å². The number of carbonyl (C=O) groups excluding carboxylic acids is 1. The molecule has 1 aromatic rings. The zero-order valence-electron chi connectivity index (χ0n) is 9.13. The molecular formula is C12H12F3NO. The van der Waals surface area contributed by atoms with Crippen molar-refractivity contribution < 1.29 is 18.0 Å². The van der Waals surface area contributed by atoms with Gasteiger partial charge in [-0.15, -0.1) is 0 Å². The van der Waals surface area contributed by atoms with E-state index in [1.54, 1.807) is 4.90 Å². The van der Waals surface area contributed by atoms with E-state index in [4.69, 9.17) is 0 Å². The van der Waals surface area contributed by atoms with Gasteiger partial charge in [0.05, 0.1) is 5.56 Å². The average molecular weight is 243 g/mol. The molecule has 2 nitrogen and oxygen atoms in total. The minimum absolute atomic E-state index is 0.184. The number of hydrogen-bond acceptors (Lipinski definition) is 1. The van der Waals surface area contributed by atoms with Gasteiger partial charge in [-0.25, -0.2) is 0 Å². The van der Waals surface area contributed by atoms with E-state index in [1.165, 1.54) is 12.1 Å². The number of amides is 1. The summed E-state index contributed by atoms with van der Waals surface area (Å²) in [4.78, 5) is 13.5. The molecule has 1 fully saturated rings. The van der Waals surface area contributed by atoms with Crippen LogP contribution in [0.15, 0.2) is 24.3 Å². The van der Waals surface area contributed by atoms with Crippen molar-refractivity contribution in [2.75, 3.05) is 13.1 Å². The molecule has 0 radical (unpaired) electrons. The van der Waals surface area contributed by atoms with E-state index >= 15 is 0 Å². The lowest BCUT2D eigenvalue weighted by atomic mass is 10.1. The van der Waals surface area contributed by atoms with E-state index in [9.17, 15) is 18.0 Å². The van der Waals surface area contributed by atoms with Gasteiger partial charge >= 0.3 is 6.18 Å². The molecule has 1 amide bonds. The van der Waals surface area contributed by atoms with Crippen LogP contribution in [-0.2, 0) is 6.18 Å². The van der Waals surface area contributed by atoms with Crippen LogP contribution in [0.2, 0.25) is 0 Å². The highest BCUT2D eigenvalue weighted by Crippen LogP contribution is 2.29. The smallest absolute Gasteiger partial charge is 0.339 e. The fraction of sp³-hybridized carbons (Fsp3) is 0.417. The van der Waals surface area contributed by atoms with E-state index in [-0.39, 0.29) is 5.91 Å². The molecule has 1 aliphatic heterocycles. The normalized spacial score (nSPS) is 16.3. The molecule has 0 bridgehead atoms. The van der Waals surface area contributed by atoms with Gasteiger partial charge in [-0.1, -0.05) is 0 Å². The summed E-state index contributed by atoms with van der Waals surface area (Å²) in [6, 6.07) is 4.37. The van der Waals surface area contributed by atoms with Gasteiger partial charge in [-0.2, -0.15) is 13.2 Å². The van der Waals surface area contributed by atoms with Gasteiger partial charge < -0.3 is 4.90 Å². The van der Waals surface area contributed by atoms with Gasteiger partial charge in [0, 0.05) is 18.7 Å². The zero-order valence-corrected chi connectivity index (χ0v) is 9.13. The Balaban J connectivity index is 2.15. The van der Waals surface area contributed by atoms with Crippen LogP contribution in [0.3, 0.4) is 0 Å². The van der Waals surface area contributed by atoms with Gasteiger partial charge in [-0.05, 0) is 37.1 Å². The topological polar surface area (TPSA) is 20.3 Å². The summed E-state index contributed by atoms with van der Waals surface area (Å²) in [5, 5.41) is 0. The highest BCUT2D eigenvalue weighted by Gasteiger charge is 2.30. The predicted octanol–water partition coefficient (Wildman–Crippen LogP) is 2.94. The third-order valence-electron chi connectivity index (χ3n) is 2.85. The molecule has 0 aliphatic carbocycles. The number of likely N-dealkylation sites (tertiary alicyclic amines) is 1. The first kappa shape index (κ1) is 12.0. The molecule has 0 aromatic heterocycles. The maximum Gasteiger partial charge on any atom is 0.416 e. The van der Waals surface area contributed by atoms with Crippen molar-refractivity contribution >= 4 is 5.91 Å². The van der Waals surface area contributed by atoms with Crippen LogP contribution in [0, 0.1) is 0 Å². The molecule has 1 saturated heterocycles. The molecule has 1 heterocycles. The molecule has 92 valence electrons. The summed E-state index contributed by atoms with van der Waals surface area (Å²) >= 11 is 0. The lowest BCUT2D eigenvalue weighted by Crippen LogP contribution is -2.27. The van der Waals surface area contributed by atoms with Crippen LogP contribution in [0.1, 0.15) is 28.8 Å². The second kappa shape index (κ2) is 4.39. The standard InChI is InChI=1S/C12H12F3NO/c13-12(14,15)10-5-3-9(4-6-10)11(17)16-7-1-2-8-16/h3-6H,1-2,7-8H2. The monoisotopic (exact) mass is 243 g/mol. The molecule has 0 unspecified atom stereocenters. The third kappa shape index (κ3) is 2.60. The molecule has 1 aliphatic rings. The second-order valence-electron chi connectivity index (χ2n) is 4.07. The Bertz CT molecular complexity index is 405. The maximum absolute atomic E-state index is 12.3. The fourth-order valence-electron chi connectivity index (χ4n) is 1.90. The van der Waals surface area contributed by atoms with Crippen LogP contribution in [0.25, 0.3) is 0 Å². The number of nitrogens with zero attached hydrogens (tertiary/aromatic N) is 1. The Labute approximate surface area is 97.0 Å². The van der Waals surface area contributed by atoms with Gasteiger partial charge in [0.1, 0.15) is 0 Å². The summed E-state index contributed by atoms with van der Waals surface area (Å²) in [7, 11) is 0. The van der Waals surface area contributed by atoms with Crippen molar-refractivity contribution in [1.29, 1.82) is 0 Å². The van der Waals surface area contributed by atoms with E-state index in [2.05, 4.69) is 0 Å². The number of alkyl halides is 3. The molecular weight excluding hydrogens is 231 g/mol. The van der Waals surface area contributed by atoms with Crippen molar-refractivity contribution in [1.82, 2.24) is 4.90 Å². The van der Waals surface area contributed by atoms with Gasteiger partial charge in [0.25, 0.3) is 5.91 Å². The van der Waals surface area contributed by atoms with Crippen LogP contribution in [0.5, 0.6) is 0 Å². The molecule has 0 atom stereocenters. The fourth-order valence-corrected chi connectivity index (χ4v) is 1.90. The number of benzene rings is 1. The van der Waals surface area contributed by atoms with E-state index in [1.807, 2.05) is 0 Å². The maximum atomic E-state index is 12.3. The number of hydrogen-bond donors (Lipinski definition) is 0. The SMILES string of the molecule is O=C(c1ccc(C(F)(F)F)cc1)N1CCCC1. The van der Waals surface area contributed by atoms with Crippen molar-refractivity contribution in [2.45, 2.75) is 19.0 Å². The highest BCUT2D eigenvalue weighted by atomic mass is 19.4. The molecule has 17 heavy (non-hydrogen) atoms. The van der Waals surface area contributed by atoms with Crippen molar-refractivity contribution in [3.8, 4) is 0 Å². The van der Waals surface area contributed by atoms with Crippen LogP contribution in [0.4, 0.5) is 13.2 Å². The minimum Gasteiger partial charge on any atom is -0.339 e. The summed E-state index contributed by atoms with van der Waals surface area (Å²) in [5.41, 5.74) is -0.407. The molecule has 0 saturated carbocycles. The number of halogens is 3. The van der Waals surface area contributed by atoms with Crippen LogP contribution < -0.4 is 0 Å². The Hall–Kier alpha value is -1.52. The predicted molar refractivity (Wildman–Crippen MR) is 56.6 cm³/mol. The van der Waals surface area contributed by atoms with Crippen LogP contribution in [-0.4, -0.2) is 23.9 Å². The highest BCUT2D eigenvalue weighted by molar-refractivity contribution is 5.94. The van der Waals surface area contributed by atoms with E-state index in [0.29, 0.717) is 18.7 Å². The van der Waals surface area contributed by atoms with E-state index < -0.39 is 11.7 Å². The molecule has 2 rings (SSSR count). The first-order valence-corrected chi connectivity index (χ1v) is 5.45. The number of rotatable bonds is 1. The molecule has 0 spiro atoms. The van der Waals surface area contributed by atoms with E-state index in [0.717, 1.165) is 25.0 Å². The van der Waals surface area contributed by atoms with Crippen molar-refractivity contribution in [2.24, 2.45) is 0 Å². The summed E-state index contributed by atoms with van der Waals surface area (Å²) < 4.78 is 37.0. The van der Waals surface area contributed by atoms with Gasteiger partial charge in [0.15, 0.2) is 0 Å². The van der Waals surface area contributed by atoms with Crippen molar-refractivity contribution in [3.05, 3.63) is 35.4 Å². The second-order valence-corrected chi connectivity index (χ2v) is 4.07. The molecule has 0 N–H and O–H groups in total. The lowest BCUT2D eigenvalue weighted by molar-refractivity contribution is -0.137. The molecule has 1 aromatic carbocycles. The van der Waals surface area contributed by atoms with Crippen LogP contribution >= 0.6 is 0 Å². The first-order chi connectivity index (χ1) is 7.98. The Kier molecular flexibility index (Phi) is 3.09. The summed E-state index contributed by atoms with van der Waals surface area (Å²) in [5.74, 6) is -0.184. The Morgan fingerprint density at radius 1 is 1.06 bits per heavy atom. The minimum atomic E-state index is -4.35. The van der Waals surface area contributed by atoms with Crippen molar-refractivity contribution in [3.63, 3.8) is 0 Å². The lowest BCUT2D eigenvalue weighted by Gasteiger charge is -2.15. The largest absolute Gasteiger partial charge is 0.416 e. The Morgan fingerprint density at radius 2 is 1.59 bits per heavy atom. The Morgan fingerprint density at radius 3 is 2.06 bits per heavy atom. The average Bonchev–Trinajstić information content (AvgIpc) is 2.80. The molecule has 5 heteroatoms.